The molecular weight excluding hydrogens is 1770 g/mol. The molecule has 3 saturated carbocycles. The number of likely N-dealkylation sites (tertiary alicyclic amines) is 2. The van der Waals surface area contributed by atoms with Crippen molar-refractivity contribution in [3.63, 3.8) is 0 Å². The second kappa shape index (κ2) is 47.8. The lowest BCUT2D eigenvalue weighted by Gasteiger charge is -2.44. The molecule has 3 aromatic heterocycles. The number of alkyl halides is 3. The number of likely N-dealkylation sites (N-methyl/N-ethyl adjacent to an activating group) is 1. The number of para-hydroxylation sites is 1. The van der Waals surface area contributed by atoms with E-state index in [0.29, 0.717) is 45.9 Å². The van der Waals surface area contributed by atoms with Gasteiger partial charge in [0.05, 0.1) is 103 Å². The van der Waals surface area contributed by atoms with Gasteiger partial charge in [-0.05, 0) is 369 Å². The fraction of sp³-hybridized carbons (Fsp3) is 0.619. The van der Waals surface area contributed by atoms with E-state index in [0.717, 1.165) is 90.2 Å². The van der Waals surface area contributed by atoms with Crippen LogP contribution in [0.3, 0.4) is 0 Å². The molecule has 16 rings (SSSR count). The van der Waals surface area contributed by atoms with E-state index in [1.165, 1.54) is 233 Å². The van der Waals surface area contributed by atoms with Crippen LogP contribution in [0.2, 0.25) is 0 Å². The zero-order valence-electron chi connectivity index (χ0n) is 88.4. The molecule has 19 heteroatoms. The number of halogens is 4. The minimum absolute atomic E-state index is 0.00197. The summed E-state index contributed by atoms with van der Waals surface area (Å²) >= 11 is 5.25. The number of benzene rings is 5. The monoisotopic (exact) mass is 1940 g/mol. The summed E-state index contributed by atoms with van der Waals surface area (Å²) in [6.07, 6.45) is 32.2. The van der Waals surface area contributed by atoms with Gasteiger partial charge in [-0.15, -0.1) is 34.0 Å². The largest absolute Gasteiger partial charge is 0.497 e. The third-order valence-corrected chi connectivity index (χ3v) is 31.4. The minimum Gasteiger partial charge on any atom is -0.497 e. The molecule has 0 bridgehead atoms. The third-order valence-electron chi connectivity index (χ3n) is 28.1. The van der Waals surface area contributed by atoms with Crippen molar-refractivity contribution in [2.45, 2.75) is 383 Å². The molecule has 5 aromatic carbocycles. The number of thiazole rings is 1. The molecule has 0 amide bonds. The molecule has 12 nitrogen and oxygen atoms in total. The Kier molecular flexibility index (Phi) is 38.7. The highest BCUT2D eigenvalue weighted by molar-refractivity contribution is 7.15. The van der Waals surface area contributed by atoms with E-state index in [-0.39, 0.29) is 56.4 Å². The van der Waals surface area contributed by atoms with Crippen LogP contribution < -0.4 is 9.64 Å². The molecular formula is C118H170F4N4O8S3. The first-order valence-corrected chi connectivity index (χ1v) is 53.6. The first-order chi connectivity index (χ1) is 64.3. The highest BCUT2D eigenvalue weighted by atomic mass is 32.1. The number of rotatable bonds is 21. The van der Waals surface area contributed by atoms with Crippen molar-refractivity contribution in [1.29, 1.82) is 0 Å². The summed E-state index contributed by atoms with van der Waals surface area (Å²) in [6.45, 7) is 58.1. The van der Waals surface area contributed by atoms with Gasteiger partial charge in [0.25, 0.3) is 0 Å². The van der Waals surface area contributed by atoms with Crippen LogP contribution in [0.5, 0.6) is 5.75 Å². The number of aryl methyl sites for hydroxylation is 1. The zero-order valence-corrected chi connectivity index (χ0v) is 90.9. The Morgan fingerprint density at radius 3 is 1.56 bits per heavy atom. The van der Waals surface area contributed by atoms with Gasteiger partial charge in [0, 0.05) is 80.9 Å². The van der Waals surface area contributed by atoms with E-state index in [1.54, 1.807) is 37.5 Å². The van der Waals surface area contributed by atoms with Crippen LogP contribution >= 0.6 is 34.0 Å². The van der Waals surface area contributed by atoms with E-state index < -0.39 is 11.7 Å². The maximum Gasteiger partial charge on any atom is 0.416 e. The van der Waals surface area contributed by atoms with Crippen LogP contribution in [0.1, 0.15) is 350 Å². The van der Waals surface area contributed by atoms with E-state index in [2.05, 4.69) is 228 Å². The average molecular weight is 1940 g/mol. The Hall–Kier alpha value is -6.43. The topological polar surface area (TPSA) is 96.5 Å². The van der Waals surface area contributed by atoms with Crippen molar-refractivity contribution < 1.29 is 55.5 Å². The molecule has 6 heterocycles. The normalized spacial score (nSPS) is 19.0. The number of aromatic nitrogens is 1. The molecule has 2 atom stereocenters. The van der Waals surface area contributed by atoms with Gasteiger partial charge in [0.15, 0.2) is 0 Å². The highest BCUT2D eigenvalue weighted by Crippen LogP contribution is 2.53. The van der Waals surface area contributed by atoms with Crippen molar-refractivity contribution in [1.82, 2.24) is 14.8 Å². The summed E-state index contributed by atoms with van der Waals surface area (Å²) in [5, 5.41) is 0.707. The number of methoxy groups -OCH3 is 2. The van der Waals surface area contributed by atoms with Crippen LogP contribution in [0.25, 0.3) is 27.8 Å². The van der Waals surface area contributed by atoms with Gasteiger partial charge >= 0.3 is 6.18 Å². The standard InChI is InChI=1S/C24H33FO3.C23H32N2OS.C23H29NOS.C16H18F3NOS.C16H30O.C16H28O/c1-23(2,3)22(27-8)20-13-16(15-28-24(4,5)6)9-11-18(20)19-14-17(26-7)10-12-21(19)25;1-22(2,3)26-16-19-10-9-18(27-19)15-25-13-11-23(12-14-25)17-24(4)21-8-6-5-7-20(21)23;1-22(2,3)25-17-20-9-8-19(26-20)16-24-14-12-23(13-15-24)11-10-18-6-4-5-7-21(18)23;1-10-13(9-21-15(2,3)4)22-14(20-10)11-5-7-12(8-6-11)16(17,18)19;2*1-15(2,3)17-13-14-8-7-11-16(12-14)9-5-4-6-10-16/h9-14,22H,15H2,1-8H3;5-10H,11-17H2,1-4H3;4-11H,12-17H2,1-3H3;5-8H,9H2,1-4H3;14H,4-13H2,1-3H3;8H,4-7,9-13H2,1-3H3/t22-;;;;;/m1...../s1. The summed E-state index contributed by atoms with van der Waals surface area (Å²) in [5.74, 6) is 1.16. The Labute approximate surface area is 836 Å². The lowest BCUT2D eigenvalue weighted by molar-refractivity contribution is -0.137. The molecule has 4 spiro atoms. The first kappa shape index (κ1) is 111. The maximum absolute atomic E-state index is 14.7. The number of nitrogens with zero attached hydrogens (tertiary/aromatic N) is 4. The van der Waals surface area contributed by atoms with Crippen molar-refractivity contribution in [2.24, 2.45) is 22.2 Å². The van der Waals surface area contributed by atoms with E-state index in [1.807, 2.05) is 83.3 Å². The van der Waals surface area contributed by atoms with Gasteiger partial charge < -0.3 is 42.8 Å². The van der Waals surface area contributed by atoms with E-state index >= 15 is 0 Å². The molecule has 2 saturated heterocycles. The number of fused-ring (bicyclic) bond motifs is 4. The van der Waals surface area contributed by atoms with E-state index in [4.69, 9.17) is 37.9 Å². The predicted octanol–water partition coefficient (Wildman–Crippen LogP) is 32.5. The summed E-state index contributed by atoms with van der Waals surface area (Å²) in [4.78, 5) is 18.7. The van der Waals surface area contributed by atoms with Crippen LogP contribution in [-0.4, -0.2) is 116 Å². The third kappa shape index (κ3) is 34.1. The summed E-state index contributed by atoms with van der Waals surface area (Å²) in [6, 6.07) is 42.8. The van der Waals surface area contributed by atoms with Crippen LogP contribution in [0, 0.1) is 34.9 Å². The summed E-state index contributed by atoms with van der Waals surface area (Å²) in [5.41, 5.74) is 13.0. The first-order valence-electron chi connectivity index (χ1n) is 51.1. The lowest BCUT2D eigenvalue weighted by Crippen LogP contribution is -2.44. The molecule has 3 aliphatic heterocycles. The Morgan fingerprint density at radius 1 is 0.489 bits per heavy atom. The van der Waals surface area contributed by atoms with Gasteiger partial charge in [0.1, 0.15) is 16.6 Å². The number of thiophene rings is 2. The fourth-order valence-corrected chi connectivity index (χ4v) is 23.8. The molecule has 8 aromatic rings. The number of allylic oxidation sites excluding steroid dienone is 2. The lowest BCUT2D eigenvalue weighted by atomic mass is 9.63. The SMILES string of the molecule is CC(C)(C)OCC1=CCCC2(CCCCC2)C1.CC(C)(C)OCC1CCCC2(CCCCC2)C1.CC(C)(C)OCc1ccc(CN2CCC3(C=Cc4ccccc43)CC2)s1.CN1CC2(CCN(Cc3ccc(COC(C)(C)C)s3)CC2)c2ccccc21.COc1ccc(F)c(-c2ccc(COC(C)(C)C)cc2[C@@H](OC)C(C)(C)C)c1.Cc1nc(-c2ccc(C(F)(F)F)cc2)sc1COC(C)(C)C. The minimum atomic E-state index is -4.32. The number of piperidine rings is 2. The van der Waals surface area contributed by atoms with E-state index in [9.17, 15) is 17.6 Å². The van der Waals surface area contributed by atoms with Crippen molar-refractivity contribution in [2.75, 3.05) is 72.1 Å². The van der Waals surface area contributed by atoms with Crippen LogP contribution in [-0.2, 0) is 89.7 Å². The molecule has 5 aliphatic carbocycles. The molecule has 5 fully saturated rings. The second-order valence-corrected chi connectivity index (χ2v) is 51.0. The van der Waals surface area contributed by atoms with Crippen molar-refractivity contribution in [3.8, 4) is 27.4 Å². The maximum atomic E-state index is 14.7. The van der Waals surface area contributed by atoms with Gasteiger partial charge in [-0.25, -0.2) is 9.37 Å². The molecule has 0 radical (unpaired) electrons. The Morgan fingerprint density at radius 2 is 1.01 bits per heavy atom. The van der Waals surface area contributed by atoms with Gasteiger partial charge in [-0.1, -0.05) is 157 Å². The Bertz CT molecular complexity index is 5110. The molecule has 1 unspecified atom stereocenters. The average Bonchev–Trinajstić information content (AvgIpc) is 1.60. The highest BCUT2D eigenvalue weighted by Gasteiger charge is 2.45. The predicted molar refractivity (Wildman–Crippen MR) is 566 cm³/mol. The summed E-state index contributed by atoms with van der Waals surface area (Å²) < 4.78 is 99.0. The quantitative estimate of drug-likeness (QED) is 0.0506. The second-order valence-electron chi connectivity index (χ2n) is 47.5. The number of anilines is 1. The van der Waals surface area contributed by atoms with Crippen LogP contribution in [0.15, 0.2) is 151 Å². The van der Waals surface area contributed by atoms with Crippen molar-refractivity contribution >= 4 is 45.8 Å². The Balaban J connectivity index is 0.000000159. The summed E-state index contributed by atoms with van der Waals surface area (Å²) in [7, 11) is 5.52. The molecule has 8 aliphatic rings. The fourth-order valence-electron chi connectivity index (χ4n) is 20.9. The molecule has 0 N–H and O–H groups in total. The van der Waals surface area contributed by atoms with Gasteiger partial charge in [0.2, 0.25) is 0 Å². The number of hydrogen-bond acceptors (Lipinski definition) is 15. The zero-order chi connectivity index (χ0) is 99.6. The smallest absolute Gasteiger partial charge is 0.416 e. The van der Waals surface area contributed by atoms with Gasteiger partial charge in [-0.2, -0.15) is 13.2 Å². The van der Waals surface area contributed by atoms with Gasteiger partial charge in [-0.3, -0.25) is 9.80 Å². The van der Waals surface area contributed by atoms with Crippen LogP contribution in [0.4, 0.5) is 23.2 Å². The molecule has 756 valence electrons. The molecule has 137 heavy (non-hydrogen) atoms. The van der Waals surface area contributed by atoms with Crippen molar-refractivity contribution in [3.05, 3.63) is 220 Å². The number of hydrogen-bond donors (Lipinski definition) is 0. The number of ether oxygens (including phenoxy) is 8.